The van der Waals surface area contributed by atoms with Gasteiger partial charge in [-0.05, 0) is 35.4 Å². The summed E-state index contributed by atoms with van der Waals surface area (Å²) in [5.41, 5.74) is 2.06. The minimum absolute atomic E-state index is 0.123. The van der Waals surface area contributed by atoms with Crippen LogP contribution in [0.3, 0.4) is 0 Å². The fourth-order valence-corrected chi connectivity index (χ4v) is 3.18. The van der Waals surface area contributed by atoms with Gasteiger partial charge in [0, 0.05) is 24.1 Å². The molecule has 27 heavy (non-hydrogen) atoms. The van der Waals surface area contributed by atoms with Gasteiger partial charge < -0.3 is 13.6 Å². The van der Waals surface area contributed by atoms with Crippen LogP contribution in [0, 0.1) is 0 Å². The number of hydrogen-bond donors (Lipinski definition) is 1. The summed E-state index contributed by atoms with van der Waals surface area (Å²) in [5.74, 6) is 1.46. The Morgan fingerprint density at radius 1 is 1.04 bits per heavy atom. The van der Waals surface area contributed by atoms with Crippen molar-refractivity contribution in [3.63, 3.8) is 0 Å². The van der Waals surface area contributed by atoms with Gasteiger partial charge in [-0.2, -0.15) is 0 Å². The Balaban J connectivity index is 1.68. The van der Waals surface area contributed by atoms with E-state index < -0.39 is 0 Å². The molecule has 0 aliphatic rings. The van der Waals surface area contributed by atoms with Crippen molar-refractivity contribution in [2.75, 3.05) is 7.11 Å². The summed E-state index contributed by atoms with van der Waals surface area (Å²) in [4.78, 5) is 12.0. The minimum Gasteiger partial charge on any atom is -0.497 e. The molecule has 0 bridgehead atoms. The van der Waals surface area contributed by atoms with Crippen molar-refractivity contribution < 1.29 is 13.6 Å². The predicted molar refractivity (Wildman–Crippen MR) is 103 cm³/mol. The smallest absolute Gasteiger partial charge is 0.336 e. The molecule has 4 aromatic rings. The van der Waals surface area contributed by atoms with E-state index in [2.05, 4.69) is 5.32 Å². The van der Waals surface area contributed by atoms with Crippen molar-refractivity contribution in [2.45, 2.75) is 12.6 Å². The summed E-state index contributed by atoms with van der Waals surface area (Å²) in [7, 11) is 1.58. The van der Waals surface area contributed by atoms with Gasteiger partial charge in [0.1, 0.15) is 17.1 Å². The van der Waals surface area contributed by atoms with E-state index in [1.165, 1.54) is 6.07 Å². The molecule has 5 nitrogen and oxygen atoms in total. The highest BCUT2D eigenvalue weighted by Crippen LogP contribution is 2.25. The fraction of sp³-hybridized carbons (Fsp3) is 0.136. The summed E-state index contributed by atoms with van der Waals surface area (Å²) in [5, 5.41) is 4.37. The van der Waals surface area contributed by atoms with Gasteiger partial charge in [0.15, 0.2) is 0 Å². The second-order valence-corrected chi connectivity index (χ2v) is 6.19. The van der Waals surface area contributed by atoms with Crippen LogP contribution in [0.25, 0.3) is 11.0 Å². The van der Waals surface area contributed by atoms with Crippen LogP contribution < -0.4 is 15.7 Å². The molecule has 0 unspecified atom stereocenters. The normalized spacial score (nSPS) is 12.2. The van der Waals surface area contributed by atoms with Crippen LogP contribution in [0.15, 0.2) is 86.6 Å². The number of rotatable bonds is 6. The van der Waals surface area contributed by atoms with Crippen LogP contribution in [0.4, 0.5) is 0 Å². The summed E-state index contributed by atoms with van der Waals surface area (Å²) in [6, 6.07) is 20.7. The molecule has 0 saturated heterocycles. The molecule has 0 saturated carbocycles. The van der Waals surface area contributed by atoms with Crippen LogP contribution in [-0.2, 0) is 6.54 Å². The van der Waals surface area contributed by atoms with E-state index in [0.29, 0.717) is 17.9 Å². The highest BCUT2D eigenvalue weighted by molar-refractivity contribution is 5.81. The Kier molecular flexibility index (Phi) is 4.77. The molecule has 2 heterocycles. The van der Waals surface area contributed by atoms with Crippen molar-refractivity contribution in [3.05, 3.63) is 100 Å². The van der Waals surface area contributed by atoms with Crippen molar-refractivity contribution in [1.29, 1.82) is 0 Å². The van der Waals surface area contributed by atoms with Gasteiger partial charge in [-0.15, -0.1) is 0 Å². The lowest BCUT2D eigenvalue weighted by Gasteiger charge is -2.18. The van der Waals surface area contributed by atoms with Gasteiger partial charge in [-0.25, -0.2) is 4.79 Å². The van der Waals surface area contributed by atoms with Crippen molar-refractivity contribution in [1.82, 2.24) is 5.32 Å². The lowest BCUT2D eigenvalue weighted by Crippen LogP contribution is -2.22. The number of benzene rings is 2. The standard InChI is InChI=1S/C22H19NO4/c1-25-17-9-10-18-16(12-21(24)27-20(18)13-17)14-23-22(19-8-5-11-26-19)15-6-3-2-4-7-15/h2-13,22-23H,14H2,1H3/t22-/m0/s1. The highest BCUT2D eigenvalue weighted by atomic mass is 16.5. The first-order valence-electron chi connectivity index (χ1n) is 8.67. The molecule has 0 aliphatic heterocycles. The number of furan rings is 1. The Morgan fingerprint density at radius 3 is 2.63 bits per heavy atom. The predicted octanol–water partition coefficient (Wildman–Crippen LogP) is 4.27. The molecule has 0 amide bonds. The Labute approximate surface area is 156 Å². The van der Waals surface area contributed by atoms with E-state index in [1.54, 1.807) is 19.4 Å². The molecule has 0 fully saturated rings. The van der Waals surface area contributed by atoms with Crippen molar-refractivity contribution in [3.8, 4) is 5.75 Å². The second-order valence-electron chi connectivity index (χ2n) is 6.19. The largest absolute Gasteiger partial charge is 0.497 e. The molecular formula is C22H19NO4. The topological polar surface area (TPSA) is 64.6 Å². The van der Waals surface area contributed by atoms with Gasteiger partial charge in [0.05, 0.1) is 19.4 Å². The van der Waals surface area contributed by atoms with Crippen molar-refractivity contribution >= 4 is 11.0 Å². The summed E-state index contributed by atoms with van der Waals surface area (Å²) in [6.45, 7) is 0.481. The highest BCUT2D eigenvalue weighted by Gasteiger charge is 2.17. The minimum atomic E-state index is -0.387. The Morgan fingerprint density at radius 2 is 1.89 bits per heavy atom. The van der Waals surface area contributed by atoms with Gasteiger partial charge in [0.25, 0.3) is 0 Å². The lowest BCUT2D eigenvalue weighted by molar-refractivity contribution is 0.414. The Bertz CT molecular complexity index is 1080. The zero-order valence-corrected chi connectivity index (χ0v) is 14.8. The third-order valence-electron chi connectivity index (χ3n) is 4.49. The van der Waals surface area contributed by atoms with Gasteiger partial charge in [0.2, 0.25) is 0 Å². The summed E-state index contributed by atoms with van der Waals surface area (Å²) < 4.78 is 16.2. The molecule has 1 N–H and O–H groups in total. The molecule has 4 rings (SSSR count). The van der Waals surface area contributed by atoms with E-state index in [9.17, 15) is 4.79 Å². The third kappa shape index (κ3) is 3.64. The molecule has 0 aliphatic carbocycles. The van der Waals surface area contributed by atoms with E-state index in [1.807, 2.05) is 54.6 Å². The number of fused-ring (bicyclic) bond motifs is 1. The van der Waals surface area contributed by atoms with Crippen LogP contribution >= 0.6 is 0 Å². The number of methoxy groups -OCH3 is 1. The average Bonchev–Trinajstić information content (AvgIpc) is 3.22. The van der Waals surface area contributed by atoms with E-state index in [0.717, 1.165) is 22.3 Å². The second kappa shape index (κ2) is 7.51. The van der Waals surface area contributed by atoms with Gasteiger partial charge in [-0.1, -0.05) is 30.3 Å². The van der Waals surface area contributed by atoms with E-state index in [4.69, 9.17) is 13.6 Å². The molecular weight excluding hydrogens is 342 g/mol. The summed E-state index contributed by atoms with van der Waals surface area (Å²) >= 11 is 0. The monoisotopic (exact) mass is 361 g/mol. The maximum absolute atomic E-state index is 12.0. The summed E-state index contributed by atoms with van der Waals surface area (Å²) in [6.07, 6.45) is 1.66. The zero-order chi connectivity index (χ0) is 18.6. The van der Waals surface area contributed by atoms with Crippen molar-refractivity contribution in [2.24, 2.45) is 0 Å². The zero-order valence-electron chi connectivity index (χ0n) is 14.8. The average molecular weight is 361 g/mol. The molecule has 2 aromatic carbocycles. The molecule has 1 atom stereocenters. The lowest BCUT2D eigenvalue weighted by atomic mass is 10.0. The van der Waals surface area contributed by atoms with Crippen LogP contribution in [-0.4, -0.2) is 7.11 Å². The number of hydrogen-bond acceptors (Lipinski definition) is 5. The SMILES string of the molecule is COc1ccc2c(CN[C@@H](c3ccccc3)c3ccco3)cc(=O)oc2c1. The van der Waals surface area contributed by atoms with Crippen LogP contribution in [0.1, 0.15) is 22.9 Å². The number of ether oxygens (including phenoxy) is 1. The molecule has 2 aromatic heterocycles. The maximum atomic E-state index is 12.0. The number of nitrogens with one attached hydrogen (secondary N) is 1. The first kappa shape index (κ1) is 17.1. The molecule has 0 radical (unpaired) electrons. The van der Waals surface area contributed by atoms with E-state index >= 15 is 0 Å². The first-order chi connectivity index (χ1) is 13.2. The Hall–Kier alpha value is -3.31. The molecule has 136 valence electrons. The van der Waals surface area contributed by atoms with E-state index in [-0.39, 0.29) is 11.7 Å². The third-order valence-corrected chi connectivity index (χ3v) is 4.49. The maximum Gasteiger partial charge on any atom is 0.336 e. The van der Waals surface area contributed by atoms with Gasteiger partial charge in [-0.3, -0.25) is 5.32 Å². The van der Waals surface area contributed by atoms with Crippen LogP contribution in [0.2, 0.25) is 0 Å². The first-order valence-corrected chi connectivity index (χ1v) is 8.67. The van der Waals surface area contributed by atoms with Crippen LogP contribution in [0.5, 0.6) is 5.75 Å². The van der Waals surface area contributed by atoms with Gasteiger partial charge >= 0.3 is 5.63 Å². The quantitative estimate of drug-likeness (QED) is 0.520. The fourth-order valence-electron chi connectivity index (χ4n) is 3.18. The molecule has 5 heteroatoms. The molecule has 0 spiro atoms.